The number of H-pyrrole nitrogens is 1. The Labute approximate surface area is 83.0 Å². The molecule has 78 valence electrons. The summed E-state index contributed by atoms with van der Waals surface area (Å²) in [6.07, 6.45) is 0.733. The highest BCUT2D eigenvalue weighted by Gasteiger charge is 1.97. The Morgan fingerprint density at radius 3 is 2.93 bits per heavy atom. The van der Waals surface area contributed by atoms with Crippen molar-refractivity contribution in [3.05, 3.63) is 22.2 Å². The van der Waals surface area contributed by atoms with Gasteiger partial charge in [0.05, 0.1) is 0 Å². The van der Waals surface area contributed by atoms with Gasteiger partial charge in [-0.1, -0.05) is 6.92 Å². The number of nitrogens with zero attached hydrogens (tertiary/aromatic N) is 1. The van der Waals surface area contributed by atoms with Gasteiger partial charge in [-0.05, 0) is 7.05 Å². The van der Waals surface area contributed by atoms with Crippen molar-refractivity contribution in [1.29, 1.82) is 0 Å². The summed E-state index contributed by atoms with van der Waals surface area (Å²) >= 11 is 0. The van der Waals surface area contributed by atoms with Crippen LogP contribution in [0.4, 0.5) is 5.82 Å². The Bertz CT molecular complexity index is 334. The number of aryl methyl sites for hydroxylation is 1. The summed E-state index contributed by atoms with van der Waals surface area (Å²) in [7, 11) is 1.88. The fourth-order valence-corrected chi connectivity index (χ4v) is 1.08. The molecule has 14 heavy (non-hydrogen) atoms. The topological polar surface area (TPSA) is 69.8 Å². The lowest BCUT2D eigenvalue weighted by Crippen LogP contribution is -2.20. The van der Waals surface area contributed by atoms with Crippen LogP contribution in [0.5, 0.6) is 0 Å². The molecule has 5 nitrogen and oxygen atoms in total. The first kappa shape index (κ1) is 10.7. The first-order chi connectivity index (χ1) is 6.76. The summed E-state index contributed by atoms with van der Waals surface area (Å²) in [6, 6.07) is 1.47. The van der Waals surface area contributed by atoms with Crippen molar-refractivity contribution in [3.8, 4) is 0 Å². The highest BCUT2D eigenvalue weighted by atomic mass is 16.1. The van der Waals surface area contributed by atoms with Gasteiger partial charge in [-0.15, -0.1) is 0 Å². The third-order valence-electron chi connectivity index (χ3n) is 1.81. The lowest BCUT2D eigenvalue weighted by Gasteiger charge is -2.05. The molecular formula is C9H16N4O. The second kappa shape index (κ2) is 5.39. The van der Waals surface area contributed by atoms with Gasteiger partial charge in [0.25, 0.3) is 5.56 Å². The summed E-state index contributed by atoms with van der Waals surface area (Å²) in [4.78, 5) is 18.0. The predicted molar refractivity (Wildman–Crippen MR) is 56.7 cm³/mol. The molecule has 5 heteroatoms. The van der Waals surface area contributed by atoms with Gasteiger partial charge in [-0.25, -0.2) is 4.98 Å². The van der Waals surface area contributed by atoms with Crippen LogP contribution >= 0.6 is 0 Å². The van der Waals surface area contributed by atoms with Crippen LogP contribution in [-0.4, -0.2) is 30.1 Å². The van der Waals surface area contributed by atoms with Crippen molar-refractivity contribution in [1.82, 2.24) is 15.3 Å². The van der Waals surface area contributed by atoms with Gasteiger partial charge in [-0.3, -0.25) is 4.79 Å². The normalized spacial score (nSPS) is 10.1. The van der Waals surface area contributed by atoms with Crippen molar-refractivity contribution in [3.63, 3.8) is 0 Å². The zero-order valence-electron chi connectivity index (χ0n) is 8.55. The molecule has 0 atom stereocenters. The van der Waals surface area contributed by atoms with E-state index < -0.39 is 0 Å². The number of hydrogen-bond donors (Lipinski definition) is 3. The molecular weight excluding hydrogens is 180 g/mol. The second-order valence-electron chi connectivity index (χ2n) is 2.96. The molecule has 0 radical (unpaired) electrons. The van der Waals surface area contributed by atoms with Crippen molar-refractivity contribution in [2.75, 3.05) is 25.5 Å². The fraction of sp³-hybridized carbons (Fsp3) is 0.556. The Kier molecular flexibility index (Phi) is 4.12. The lowest BCUT2D eigenvalue weighted by atomic mass is 10.4. The Morgan fingerprint density at radius 2 is 2.29 bits per heavy atom. The van der Waals surface area contributed by atoms with E-state index in [1.807, 2.05) is 14.0 Å². The van der Waals surface area contributed by atoms with E-state index in [1.54, 1.807) is 0 Å². The number of rotatable bonds is 5. The van der Waals surface area contributed by atoms with E-state index in [-0.39, 0.29) is 5.56 Å². The molecule has 0 fully saturated rings. The molecule has 0 aliphatic heterocycles. The molecule has 0 saturated heterocycles. The zero-order valence-corrected chi connectivity index (χ0v) is 8.55. The number of nitrogens with one attached hydrogen (secondary N) is 3. The molecule has 0 spiro atoms. The van der Waals surface area contributed by atoms with Crippen LogP contribution in [0.25, 0.3) is 0 Å². The van der Waals surface area contributed by atoms with Crippen molar-refractivity contribution in [2.24, 2.45) is 0 Å². The van der Waals surface area contributed by atoms with E-state index in [2.05, 4.69) is 20.6 Å². The first-order valence-corrected chi connectivity index (χ1v) is 4.75. The van der Waals surface area contributed by atoms with Crippen LogP contribution < -0.4 is 16.2 Å². The Morgan fingerprint density at radius 1 is 1.50 bits per heavy atom. The number of likely N-dealkylation sites (N-methyl/N-ethyl adjacent to an activating group) is 1. The molecule has 1 aromatic heterocycles. The number of aromatic nitrogens is 2. The smallest absolute Gasteiger partial charge is 0.252 e. The molecule has 0 aliphatic carbocycles. The molecule has 1 heterocycles. The molecule has 1 rings (SSSR count). The van der Waals surface area contributed by atoms with Crippen LogP contribution in [0, 0.1) is 0 Å². The van der Waals surface area contributed by atoms with Gasteiger partial charge in [0, 0.05) is 25.6 Å². The van der Waals surface area contributed by atoms with Gasteiger partial charge in [0.2, 0.25) is 0 Å². The third-order valence-corrected chi connectivity index (χ3v) is 1.81. The minimum atomic E-state index is -0.108. The maximum atomic E-state index is 11.2. The highest BCUT2D eigenvalue weighted by Crippen LogP contribution is 1.97. The standard InChI is InChI=1S/C9H16N4O/c1-3-7-12-8(6-9(14)13-7)11-5-4-10-2/h6,10H,3-5H2,1-2H3,(H2,11,12,13,14). The average molecular weight is 196 g/mol. The molecule has 0 aromatic carbocycles. The SMILES string of the molecule is CCc1nc(NCCNC)cc(=O)[nH]1. The summed E-state index contributed by atoms with van der Waals surface area (Å²) < 4.78 is 0. The van der Waals surface area contributed by atoms with Gasteiger partial charge >= 0.3 is 0 Å². The van der Waals surface area contributed by atoms with Crippen molar-refractivity contribution < 1.29 is 0 Å². The van der Waals surface area contributed by atoms with Crippen LogP contribution in [-0.2, 0) is 6.42 Å². The van der Waals surface area contributed by atoms with Crippen LogP contribution in [0.15, 0.2) is 10.9 Å². The lowest BCUT2D eigenvalue weighted by molar-refractivity contribution is 0.817. The van der Waals surface area contributed by atoms with Gasteiger partial charge < -0.3 is 15.6 Å². The second-order valence-corrected chi connectivity index (χ2v) is 2.96. The van der Waals surface area contributed by atoms with Crippen LogP contribution in [0.3, 0.4) is 0 Å². The van der Waals surface area contributed by atoms with E-state index in [0.29, 0.717) is 11.6 Å². The Balaban J connectivity index is 2.67. The molecule has 1 aromatic rings. The quantitative estimate of drug-likeness (QED) is 0.578. The predicted octanol–water partition coefficient (Wildman–Crippen LogP) is -0.0364. The summed E-state index contributed by atoms with van der Waals surface area (Å²) in [5.41, 5.74) is -0.108. The number of anilines is 1. The largest absolute Gasteiger partial charge is 0.369 e. The van der Waals surface area contributed by atoms with Gasteiger partial charge in [0.1, 0.15) is 11.6 Å². The molecule has 3 N–H and O–H groups in total. The zero-order chi connectivity index (χ0) is 10.4. The maximum absolute atomic E-state index is 11.2. The minimum absolute atomic E-state index is 0.108. The monoisotopic (exact) mass is 196 g/mol. The van der Waals surface area contributed by atoms with E-state index in [4.69, 9.17) is 0 Å². The van der Waals surface area contributed by atoms with E-state index >= 15 is 0 Å². The molecule has 0 saturated carbocycles. The first-order valence-electron chi connectivity index (χ1n) is 4.75. The summed E-state index contributed by atoms with van der Waals surface area (Å²) in [5, 5.41) is 6.07. The number of hydrogen-bond acceptors (Lipinski definition) is 4. The summed E-state index contributed by atoms with van der Waals surface area (Å²) in [5.74, 6) is 1.35. The number of aromatic amines is 1. The highest BCUT2D eigenvalue weighted by molar-refractivity contribution is 5.32. The molecule has 0 unspecified atom stereocenters. The maximum Gasteiger partial charge on any atom is 0.252 e. The van der Waals surface area contributed by atoms with Crippen LogP contribution in [0.2, 0.25) is 0 Å². The van der Waals surface area contributed by atoms with E-state index in [1.165, 1.54) is 6.07 Å². The fourth-order valence-electron chi connectivity index (χ4n) is 1.08. The van der Waals surface area contributed by atoms with Crippen molar-refractivity contribution >= 4 is 5.82 Å². The Hall–Kier alpha value is -1.36. The molecule has 0 bridgehead atoms. The average Bonchev–Trinajstić information content (AvgIpc) is 2.17. The molecule has 0 amide bonds. The van der Waals surface area contributed by atoms with Crippen LogP contribution in [0.1, 0.15) is 12.7 Å². The van der Waals surface area contributed by atoms with Gasteiger partial charge in [-0.2, -0.15) is 0 Å². The van der Waals surface area contributed by atoms with E-state index in [9.17, 15) is 4.79 Å². The van der Waals surface area contributed by atoms with E-state index in [0.717, 1.165) is 19.5 Å². The summed E-state index contributed by atoms with van der Waals surface area (Å²) in [6.45, 7) is 3.56. The van der Waals surface area contributed by atoms with Crippen molar-refractivity contribution in [2.45, 2.75) is 13.3 Å². The minimum Gasteiger partial charge on any atom is -0.369 e. The third kappa shape index (κ3) is 3.18. The molecule has 0 aliphatic rings. The van der Waals surface area contributed by atoms with Gasteiger partial charge in [0.15, 0.2) is 0 Å².